The lowest BCUT2D eigenvalue weighted by Crippen LogP contribution is -2.34. The summed E-state index contributed by atoms with van der Waals surface area (Å²) in [5.41, 5.74) is 3.06. The number of hydrogen-bond acceptors (Lipinski definition) is 4. The Morgan fingerprint density at radius 3 is 2.42 bits per heavy atom. The zero-order chi connectivity index (χ0) is 21.4. The fourth-order valence-electron chi connectivity index (χ4n) is 6.76. The molecule has 170 valence electrons. The third-order valence-corrected chi connectivity index (χ3v) is 8.81. The summed E-state index contributed by atoms with van der Waals surface area (Å²) in [7, 11) is 0. The molecule has 5 rings (SSSR count). The van der Waals surface area contributed by atoms with E-state index in [-0.39, 0.29) is 0 Å². The van der Waals surface area contributed by atoms with Crippen LogP contribution in [-0.2, 0) is 0 Å². The van der Waals surface area contributed by atoms with Crippen molar-refractivity contribution < 1.29 is 5.11 Å². The van der Waals surface area contributed by atoms with E-state index in [1.165, 1.54) is 75.6 Å². The van der Waals surface area contributed by atoms with Crippen LogP contribution in [0.3, 0.4) is 0 Å². The lowest BCUT2D eigenvalue weighted by atomic mass is 9.72. The van der Waals surface area contributed by atoms with E-state index in [1.54, 1.807) is 0 Å². The van der Waals surface area contributed by atoms with Crippen LogP contribution in [0.1, 0.15) is 101 Å². The Hall–Kier alpha value is -1.46. The van der Waals surface area contributed by atoms with Gasteiger partial charge in [0.25, 0.3) is 0 Å². The van der Waals surface area contributed by atoms with Crippen molar-refractivity contribution in [1.82, 2.24) is 19.9 Å². The van der Waals surface area contributed by atoms with Gasteiger partial charge in [-0.3, -0.25) is 0 Å². The summed E-state index contributed by atoms with van der Waals surface area (Å²) < 4.78 is 2.03. The zero-order valence-electron chi connectivity index (χ0n) is 19.4. The molecule has 2 saturated carbocycles. The van der Waals surface area contributed by atoms with E-state index in [4.69, 9.17) is 10.1 Å². The van der Waals surface area contributed by atoms with Crippen molar-refractivity contribution in [2.75, 3.05) is 13.1 Å². The maximum absolute atomic E-state index is 10.5. The molecule has 5 heteroatoms. The second kappa shape index (κ2) is 8.82. The van der Waals surface area contributed by atoms with Gasteiger partial charge in [-0.15, -0.1) is 0 Å². The normalized spacial score (nSPS) is 31.2. The molecule has 2 N–H and O–H groups in total. The Bertz CT molecular complexity index is 871. The Morgan fingerprint density at radius 1 is 0.935 bits per heavy atom. The van der Waals surface area contributed by atoms with Crippen molar-refractivity contribution in [3.8, 4) is 0 Å². The van der Waals surface area contributed by atoms with Crippen molar-refractivity contribution in [1.29, 1.82) is 0 Å². The molecule has 5 nitrogen and oxygen atoms in total. The molecule has 2 aromatic heterocycles. The minimum Gasteiger partial charge on any atom is -0.390 e. The molecule has 0 spiro atoms. The van der Waals surface area contributed by atoms with Crippen LogP contribution in [-0.4, -0.2) is 38.4 Å². The highest BCUT2D eigenvalue weighted by Gasteiger charge is 2.34. The molecule has 2 atom stereocenters. The molecule has 1 aliphatic heterocycles. The molecule has 31 heavy (non-hydrogen) atoms. The number of fused-ring (bicyclic) bond motifs is 1. The average molecular weight is 425 g/mol. The van der Waals surface area contributed by atoms with E-state index >= 15 is 0 Å². The fourth-order valence-corrected chi connectivity index (χ4v) is 6.76. The van der Waals surface area contributed by atoms with Gasteiger partial charge >= 0.3 is 0 Å². The smallest absolute Gasteiger partial charge is 0.158 e. The Balaban J connectivity index is 1.27. The highest BCUT2D eigenvalue weighted by Crippen LogP contribution is 2.43. The minimum atomic E-state index is -0.602. The van der Waals surface area contributed by atoms with Gasteiger partial charge in [-0.25, -0.2) is 9.50 Å². The Morgan fingerprint density at radius 2 is 1.68 bits per heavy atom. The molecule has 0 radical (unpaired) electrons. The number of hydrogen-bond donors (Lipinski definition) is 2. The van der Waals surface area contributed by atoms with Crippen LogP contribution in [0.5, 0.6) is 0 Å². The fraction of sp³-hybridized carbons (Fsp3) is 0.769. The van der Waals surface area contributed by atoms with Gasteiger partial charge in [-0.2, -0.15) is 5.10 Å². The molecule has 0 bridgehead atoms. The molecule has 0 aromatic carbocycles. The van der Waals surface area contributed by atoms with Crippen LogP contribution in [0.2, 0.25) is 0 Å². The van der Waals surface area contributed by atoms with E-state index in [0.717, 1.165) is 30.3 Å². The molecule has 2 aliphatic carbocycles. The number of aliphatic hydroxyl groups is 1. The number of aromatic nitrogens is 3. The van der Waals surface area contributed by atoms with E-state index in [2.05, 4.69) is 17.7 Å². The lowest BCUT2D eigenvalue weighted by Gasteiger charge is -2.36. The molecular weight excluding hydrogens is 384 g/mol. The molecule has 3 heterocycles. The van der Waals surface area contributed by atoms with Crippen molar-refractivity contribution in [3.63, 3.8) is 0 Å². The quantitative estimate of drug-likeness (QED) is 0.721. The van der Waals surface area contributed by atoms with Crippen LogP contribution in [0.15, 0.2) is 18.6 Å². The Kier molecular flexibility index (Phi) is 6.09. The summed E-state index contributed by atoms with van der Waals surface area (Å²) in [5, 5.41) is 18.7. The van der Waals surface area contributed by atoms with Crippen LogP contribution in [0, 0.1) is 17.8 Å². The summed E-state index contributed by atoms with van der Waals surface area (Å²) in [6.45, 7) is 6.34. The van der Waals surface area contributed by atoms with E-state index in [9.17, 15) is 5.11 Å². The van der Waals surface area contributed by atoms with Gasteiger partial charge in [0.15, 0.2) is 5.65 Å². The predicted octanol–water partition coefficient (Wildman–Crippen LogP) is 5.05. The van der Waals surface area contributed by atoms with Gasteiger partial charge in [0.2, 0.25) is 0 Å². The first-order valence-corrected chi connectivity index (χ1v) is 12.8. The summed E-state index contributed by atoms with van der Waals surface area (Å²) in [4.78, 5) is 4.92. The standard InChI is InChI=1S/C26H40N4O/c1-26(2,31)23-5-3-4-21(14-23)24-16-29-30-17-22(15-28-25(24)30)19-8-6-18(7-9-19)20-10-12-27-13-11-20/h15-21,23,27,31H,3-14H2,1-2H3. The summed E-state index contributed by atoms with van der Waals surface area (Å²) in [6.07, 6.45) is 19.0. The largest absolute Gasteiger partial charge is 0.390 e. The SMILES string of the molecule is CC(C)(O)C1CCCC(c2cnn3cc(C4CCC(C5CCNCC5)CC4)cnc23)C1. The molecule has 3 aliphatic rings. The first-order valence-electron chi connectivity index (χ1n) is 12.8. The van der Waals surface area contributed by atoms with Gasteiger partial charge in [0, 0.05) is 18.0 Å². The number of nitrogens with one attached hydrogen (secondary N) is 1. The van der Waals surface area contributed by atoms with Crippen molar-refractivity contribution in [2.24, 2.45) is 17.8 Å². The molecule has 2 unspecified atom stereocenters. The van der Waals surface area contributed by atoms with E-state index in [0.29, 0.717) is 17.8 Å². The molecule has 3 fully saturated rings. The van der Waals surface area contributed by atoms with Crippen LogP contribution in [0.4, 0.5) is 0 Å². The second-order valence-corrected chi connectivity index (χ2v) is 11.2. The second-order valence-electron chi connectivity index (χ2n) is 11.2. The van der Waals surface area contributed by atoms with Gasteiger partial charge in [-0.1, -0.05) is 6.42 Å². The first kappa shape index (κ1) is 21.4. The van der Waals surface area contributed by atoms with Crippen molar-refractivity contribution in [2.45, 2.75) is 95.5 Å². The predicted molar refractivity (Wildman–Crippen MR) is 124 cm³/mol. The van der Waals surface area contributed by atoms with Crippen LogP contribution in [0.25, 0.3) is 5.65 Å². The van der Waals surface area contributed by atoms with Gasteiger partial charge in [0.1, 0.15) is 0 Å². The minimum absolute atomic E-state index is 0.357. The highest BCUT2D eigenvalue weighted by molar-refractivity contribution is 5.49. The van der Waals surface area contributed by atoms with E-state index in [1.807, 2.05) is 24.6 Å². The number of piperidine rings is 1. The first-order chi connectivity index (χ1) is 15.0. The lowest BCUT2D eigenvalue weighted by molar-refractivity contribution is -0.00288. The van der Waals surface area contributed by atoms with Crippen LogP contribution < -0.4 is 5.32 Å². The molecular formula is C26H40N4O. The molecule has 2 aromatic rings. The number of nitrogens with zero attached hydrogens (tertiary/aromatic N) is 3. The van der Waals surface area contributed by atoms with Crippen LogP contribution >= 0.6 is 0 Å². The topological polar surface area (TPSA) is 62.5 Å². The van der Waals surface area contributed by atoms with Gasteiger partial charge < -0.3 is 10.4 Å². The van der Waals surface area contributed by atoms with E-state index < -0.39 is 5.60 Å². The molecule has 1 saturated heterocycles. The van der Waals surface area contributed by atoms with Gasteiger partial charge in [0.05, 0.1) is 11.8 Å². The third-order valence-electron chi connectivity index (χ3n) is 8.81. The summed E-state index contributed by atoms with van der Waals surface area (Å²) in [6, 6.07) is 0. The highest BCUT2D eigenvalue weighted by atomic mass is 16.3. The zero-order valence-corrected chi connectivity index (χ0v) is 19.4. The molecule has 0 amide bonds. The van der Waals surface area contributed by atoms with Gasteiger partial charge in [-0.05, 0) is 120 Å². The summed E-state index contributed by atoms with van der Waals surface area (Å²) >= 11 is 0. The Labute approximate surface area is 187 Å². The maximum atomic E-state index is 10.5. The summed E-state index contributed by atoms with van der Waals surface area (Å²) in [5.74, 6) is 3.33. The monoisotopic (exact) mass is 424 g/mol. The van der Waals surface area contributed by atoms with Crippen molar-refractivity contribution in [3.05, 3.63) is 29.7 Å². The average Bonchev–Trinajstić information content (AvgIpc) is 3.23. The maximum Gasteiger partial charge on any atom is 0.158 e. The number of rotatable bonds is 4. The van der Waals surface area contributed by atoms with Crippen molar-refractivity contribution >= 4 is 5.65 Å². The third kappa shape index (κ3) is 4.54.